The predicted molar refractivity (Wildman–Crippen MR) is 104 cm³/mol. The average molecular weight is 322 g/mol. The molecular weight excluding hydrogens is 292 g/mol. The van der Waals surface area contributed by atoms with Crippen LogP contribution in [0.4, 0.5) is 0 Å². The fourth-order valence-corrected chi connectivity index (χ4v) is 2.47. The van der Waals surface area contributed by atoms with Crippen LogP contribution in [0, 0.1) is 12.8 Å². The lowest BCUT2D eigenvalue weighted by Crippen LogP contribution is -2.24. The molecule has 0 heterocycles. The quantitative estimate of drug-likeness (QED) is 0.683. The van der Waals surface area contributed by atoms with Crippen molar-refractivity contribution >= 4 is 0 Å². The van der Waals surface area contributed by atoms with Gasteiger partial charge < -0.3 is 10.6 Å². The summed E-state index contributed by atoms with van der Waals surface area (Å²) in [5.41, 5.74) is 5.25. The van der Waals surface area contributed by atoms with Crippen molar-refractivity contribution in [2.24, 2.45) is 5.92 Å². The minimum Gasteiger partial charge on any atom is -0.368 e. The SMILES string of the molecule is C=C(NCc1ccc(C)cc1)NCc1ccc(CCC(C)C)cc1. The minimum atomic E-state index is 0.759. The van der Waals surface area contributed by atoms with E-state index in [1.54, 1.807) is 0 Å². The van der Waals surface area contributed by atoms with E-state index >= 15 is 0 Å². The molecule has 0 radical (unpaired) electrons. The highest BCUT2D eigenvalue weighted by Gasteiger charge is 1.99. The molecule has 0 aliphatic carbocycles. The van der Waals surface area contributed by atoms with Gasteiger partial charge in [-0.3, -0.25) is 0 Å². The van der Waals surface area contributed by atoms with Gasteiger partial charge in [-0.15, -0.1) is 0 Å². The smallest absolute Gasteiger partial charge is 0.0917 e. The second kappa shape index (κ2) is 9.17. The van der Waals surface area contributed by atoms with Crippen LogP contribution < -0.4 is 10.6 Å². The number of hydrogen-bond acceptors (Lipinski definition) is 2. The third-order valence-electron chi connectivity index (χ3n) is 4.17. The summed E-state index contributed by atoms with van der Waals surface area (Å²) in [7, 11) is 0. The lowest BCUT2D eigenvalue weighted by Gasteiger charge is -2.13. The first-order valence-electron chi connectivity index (χ1n) is 8.83. The van der Waals surface area contributed by atoms with Gasteiger partial charge in [-0.05, 0) is 42.4 Å². The van der Waals surface area contributed by atoms with Gasteiger partial charge in [0.25, 0.3) is 0 Å². The maximum Gasteiger partial charge on any atom is 0.0917 e. The molecule has 0 spiro atoms. The Bertz CT molecular complexity index is 624. The van der Waals surface area contributed by atoms with Gasteiger partial charge in [-0.2, -0.15) is 0 Å². The molecule has 0 aromatic heterocycles. The first-order valence-corrected chi connectivity index (χ1v) is 8.83. The van der Waals surface area contributed by atoms with Gasteiger partial charge in [-0.1, -0.05) is 74.5 Å². The highest BCUT2D eigenvalue weighted by molar-refractivity contribution is 5.23. The van der Waals surface area contributed by atoms with E-state index in [2.05, 4.69) is 86.5 Å². The van der Waals surface area contributed by atoms with Crippen molar-refractivity contribution in [1.82, 2.24) is 10.6 Å². The molecule has 0 unspecified atom stereocenters. The molecule has 0 bridgehead atoms. The van der Waals surface area contributed by atoms with Gasteiger partial charge in [0.1, 0.15) is 0 Å². The molecule has 0 fully saturated rings. The van der Waals surface area contributed by atoms with Crippen molar-refractivity contribution in [2.75, 3.05) is 0 Å². The zero-order valence-electron chi connectivity index (χ0n) is 15.2. The number of aryl methyl sites for hydroxylation is 2. The zero-order valence-corrected chi connectivity index (χ0v) is 15.2. The molecule has 128 valence electrons. The fourth-order valence-electron chi connectivity index (χ4n) is 2.47. The van der Waals surface area contributed by atoms with Crippen LogP contribution in [-0.4, -0.2) is 0 Å². The third kappa shape index (κ3) is 6.49. The summed E-state index contributed by atoms with van der Waals surface area (Å²) in [6, 6.07) is 17.4. The van der Waals surface area contributed by atoms with Crippen LogP contribution in [0.25, 0.3) is 0 Å². The molecule has 2 nitrogen and oxygen atoms in total. The Kier molecular flexibility index (Phi) is 6.92. The summed E-state index contributed by atoms with van der Waals surface area (Å²) in [4.78, 5) is 0. The van der Waals surface area contributed by atoms with E-state index in [4.69, 9.17) is 0 Å². The Hall–Kier alpha value is -2.22. The molecule has 0 aliphatic rings. The van der Waals surface area contributed by atoms with Crippen LogP contribution in [-0.2, 0) is 19.5 Å². The van der Waals surface area contributed by atoms with E-state index in [9.17, 15) is 0 Å². The lowest BCUT2D eigenvalue weighted by molar-refractivity contribution is 0.586. The summed E-state index contributed by atoms with van der Waals surface area (Å²) in [6.07, 6.45) is 2.41. The van der Waals surface area contributed by atoms with Crippen LogP contribution in [0.2, 0.25) is 0 Å². The van der Waals surface area contributed by atoms with Crippen molar-refractivity contribution in [3.05, 3.63) is 83.2 Å². The van der Waals surface area contributed by atoms with Gasteiger partial charge in [0, 0.05) is 13.1 Å². The molecule has 0 atom stereocenters. The molecule has 2 N–H and O–H groups in total. The maximum absolute atomic E-state index is 4.05. The van der Waals surface area contributed by atoms with Gasteiger partial charge in [0.05, 0.1) is 5.82 Å². The number of rotatable bonds is 9. The standard InChI is InChI=1S/C22H30N2/c1-17(2)5-8-20-11-13-22(14-12-20)16-24-19(4)23-15-21-9-6-18(3)7-10-21/h6-7,9-14,17,23-24H,4-5,8,15-16H2,1-3H3. The van der Waals surface area contributed by atoms with E-state index in [-0.39, 0.29) is 0 Å². The molecule has 0 aliphatic heterocycles. The first-order chi connectivity index (χ1) is 11.5. The first kappa shape index (κ1) is 18.1. The highest BCUT2D eigenvalue weighted by Crippen LogP contribution is 2.10. The van der Waals surface area contributed by atoms with Crippen molar-refractivity contribution in [3.8, 4) is 0 Å². The normalized spacial score (nSPS) is 10.7. The molecule has 2 aromatic rings. The second-order valence-corrected chi connectivity index (χ2v) is 6.92. The van der Waals surface area contributed by atoms with Crippen LogP contribution >= 0.6 is 0 Å². The highest BCUT2D eigenvalue weighted by atomic mass is 15.1. The molecule has 24 heavy (non-hydrogen) atoms. The molecule has 0 saturated heterocycles. The zero-order chi connectivity index (χ0) is 17.4. The van der Waals surface area contributed by atoms with Crippen LogP contribution in [0.5, 0.6) is 0 Å². The van der Waals surface area contributed by atoms with Gasteiger partial charge in [0.2, 0.25) is 0 Å². The van der Waals surface area contributed by atoms with E-state index in [1.807, 2.05) is 0 Å². The number of nitrogens with one attached hydrogen (secondary N) is 2. The van der Waals surface area contributed by atoms with E-state index in [0.717, 1.165) is 31.2 Å². The number of hydrogen-bond donors (Lipinski definition) is 2. The van der Waals surface area contributed by atoms with Crippen molar-refractivity contribution in [1.29, 1.82) is 0 Å². The van der Waals surface area contributed by atoms with Crippen molar-refractivity contribution < 1.29 is 0 Å². The Morgan fingerprint density at radius 3 is 1.79 bits per heavy atom. The monoisotopic (exact) mass is 322 g/mol. The van der Waals surface area contributed by atoms with Crippen LogP contribution in [0.3, 0.4) is 0 Å². The topological polar surface area (TPSA) is 24.1 Å². The summed E-state index contributed by atoms with van der Waals surface area (Å²) in [5.74, 6) is 1.62. The molecule has 2 heteroatoms. The Morgan fingerprint density at radius 1 is 0.833 bits per heavy atom. The third-order valence-corrected chi connectivity index (χ3v) is 4.17. The second-order valence-electron chi connectivity index (χ2n) is 6.92. The molecular formula is C22H30N2. The molecule has 0 saturated carbocycles. The maximum atomic E-state index is 4.05. The Labute approximate surface area is 147 Å². The van der Waals surface area contributed by atoms with Crippen LogP contribution in [0.1, 0.15) is 42.5 Å². The van der Waals surface area contributed by atoms with Gasteiger partial charge in [-0.25, -0.2) is 0 Å². The average Bonchev–Trinajstić information content (AvgIpc) is 2.58. The largest absolute Gasteiger partial charge is 0.368 e. The van der Waals surface area contributed by atoms with E-state index in [1.165, 1.54) is 28.7 Å². The van der Waals surface area contributed by atoms with Crippen molar-refractivity contribution in [2.45, 2.75) is 46.7 Å². The van der Waals surface area contributed by atoms with Gasteiger partial charge in [0.15, 0.2) is 0 Å². The Morgan fingerprint density at radius 2 is 1.29 bits per heavy atom. The lowest BCUT2D eigenvalue weighted by atomic mass is 10.0. The summed E-state index contributed by atoms with van der Waals surface area (Å²) < 4.78 is 0. The summed E-state index contributed by atoms with van der Waals surface area (Å²) in [5, 5.41) is 6.67. The molecule has 2 rings (SSSR count). The van der Waals surface area contributed by atoms with E-state index in [0.29, 0.717) is 0 Å². The van der Waals surface area contributed by atoms with Crippen LogP contribution in [0.15, 0.2) is 60.9 Å². The summed E-state index contributed by atoms with van der Waals surface area (Å²) in [6.45, 7) is 12.3. The Balaban J connectivity index is 1.72. The van der Waals surface area contributed by atoms with Crippen molar-refractivity contribution in [3.63, 3.8) is 0 Å². The molecule has 2 aromatic carbocycles. The predicted octanol–water partition coefficient (Wildman–Crippen LogP) is 4.93. The molecule has 0 amide bonds. The minimum absolute atomic E-state index is 0.759. The number of benzene rings is 2. The van der Waals surface area contributed by atoms with E-state index < -0.39 is 0 Å². The fraction of sp³-hybridized carbons (Fsp3) is 0.364. The summed E-state index contributed by atoms with van der Waals surface area (Å²) >= 11 is 0. The van der Waals surface area contributed by atoms with Gasteiger partial charge >= 0.3 is 0 Å².